The minimum absolute atomic E-state index is 0.141. The van der Waals surface area contributed by atoms with Crippen molar-refractivity contribution in [1.82, 2.24) is 0 Å². The Hall–Kier alpha value is -2.40. The van der Waals surface area contributed by atoms with Crippen molar-refractivity contribution >= 4 is 11.6 Å². The predicted octanol–water partition coefficient (Wildman–Crippen LogP) is 2.61. The molecule has 0 aliphatic heterocycles. The van der Waals surface area contributed by atoms with E-state index in [1.165, 1.54) is 12.1 Å². The molecule has 21 heavy (non-hydrogen) atoms. The number of ether oxygens (including phenoxy) is 1. The van der Waals surface area contributed by atoms with Crippen LogP contribution in [0.5, 0.6) is 5.75 Å². The Labute approximate surface area is 122 Å². The molecule has 0 fully saturated rings. The van der Waals surface area contributed by atoms with Gasteiger partial charge in [-0.05, 0) is 42.3 Å². The lowest BCUT2D eigenvalue weighted by Gasteiger charge is -2.10. The van der Waals surface area contributed by atoms with Crippen LogP contribution in [0.1, 0.15) is 11.1 Å². The van der Waals surface area contributed by atoms with E-state index in [-0.39, 0.29) is 12.5 Å². The largest absolute Gasteiger partial charge is 0.484 e. The van der Waals surface area contributed by atoms with Crippen molar-refractivity contribution in [3.63, 3.8) is 0 Å². The molecule has 0 spiro atoms. The first-order valence-corrected chi connectivity index (χ1v) is 6.56. The standard InChI is InChI=1S/C16H17FN2O2/c1-11-2-5-13(17)8-15(11)19-16(20)10-21-14-6-3-12(9-18)4-7-14/h2-8H,9-10,18H2,1H3,(H,19,20). The molecule has 0 aromatic heterocycles. The van der Waals surface area contributed by atoms with Gasteiger partial charge in [0.2, 0.25) is 0 Å². The van der Waals surface area contributed by atoms with Crippen LogP contribution in [0, 0.1) is 12.7 Å². The Morgan fingerprint density at radius 1 is 1.24 bits per heavy atom. The van der Waals surface area contributed by atoms with Gasteiger partial charge in [-0.25, -0.2) is 4.39 Å². The highest BCUT2D eigenvalue weighted by molar-refractivity contribution is 5.92. The van der Waals surface area contributed by atoms with Gasteiger partial charge in [0.1, 0.15) is 11.6 Å². The maximum atomic E-state index is 13.1. The quantitative estimate of drug-likeness (QED) is 0.889. The molecule has 110 valence electrons. The van der Waals surface area contributed by atoms with Crippen LogP contribution < -0.4 is 15.8 Å². The van der Waals surface area contributed by atoms with Crippen LogP contribution in [-0.2, 0) is 11.3 Å². The number of halogens is 1. The summed E-state index contributed by atoms with van der Waals surface area (Å²) < 4.78 is 18.5. The number of carbonyl (C=O) groups is 1. The minimum atomic E-state index is -0.394. The molecule has 0 bridgehead atoms. The molecule has 0 atom stereocenters. The number of hydrogen-bond acceptors (Lipinski definition) is 3. The summed E-state index contributed by atoms with van der Waals surface area (Å²) in [5, 5.41) is 2.62. The molecule has 5 heteroatoms. The molecular formula is C16H17FN2O2. The number of rotatable bonds is 5. The van der Waals surface area contributed by atoms with E-state index in [1.807, 2.05) is 12.1 Å². The number of anilines is 1. The SMILES string of the molecule is Cc1ccc(F)cc1NC(=O)COc1ccc(CN)cc1. The first-order valence-electron chi connectivity index (χ1n) is 6.56. The van der Waals surface area contributed by atoms with Crippen molar-refractivity contribution in [1.29, 1.82) is 0 Å². The lowest BCUT2D eigenvalue weighted by molar-refractivity contribution is -0.118. The second-order valence-electron chi connectivity index (χ2n) is 4.64. The van der Waals surface area contributed by atoms with Crippen LogP contribution in [0.4, 0.5) is 10.1 Å². The van der Waals surface area contributed by atoms with Gasteiger partial charge in [-0.1, -0.05) is 18.2 Å². The fraction of sp³-hybridized carbons (Fsp3) is 0.188. The van der Waals surface area contributed by atoms with Crippen molar-refractivity contribution in [2.24, 2.45) is 5.73 Å². The molecule has 0 aliphatic rings. The Bertz CT molecular complexity index is 627. The summed E-state index contributed by atoms with van der Waals surface area (Å²) in [7, 11) is 0. The molecule has 2 aromatic carbocycles. The Balaban J connectivity index is 1.91. The molecule has 2 rings (SSSR count). The first-order chi connectivity index (χ1) is 10.1. The molecule has 0 heterocycles. The maximum absolute atomic E-state index is 13.1. The molecule has 3 N–H and O–H groups in total. The molecule has 0 unspecified atom stereocenters. The number of aryl methyl sites for hydroxylation is 1. The predicted molar refractivity (Wildman–Crippen MR) is 79.6 cm³/mol. The molecule has 4 nitrogen and oxygen atoms in total. The second-order valence-corrected chi connectivity index (χ2v) is 4.64. The lowest BCUT2D eigenvalue weighted by Crippen LogP contribution is -2.20. The van der Waals surface area contributed by atoms with Gasteiger partial charge in [-0.15, -0.1) is 0 Å². The summed E-state index contributed by atoms with van der Waals surface area (Å²) >= 11 is 0. The molecule has 2 aromatic rings. The van der Waals surface area contributed by atoms with E-state index in [1.54, 1.807) is 25.1 Å². The monoisotopic (exact) mass is 288 g/mol. The van der Waals surface area contributed by atoms with Gasteiger partial charge in [0.25, 0.3) is 5.91 Å². The van der Waals surface area contributed by atoms with Gasteiger partial charge in [0.15, 0.2) is 6.61 Å². The summed E-state index contributed by atoms with van der Waals surface area (Å²) in [6.07, 6.45) is 0. The summed E-state index contributed by atoms with van der Waals surface area (Å²) in [4.78, 5) is 11.8. The third kappa shape index (κ3) is 4.29. The number of amides is 1. The first kappa shape index (κ1) is 15.0. The van der Waals surface area contributed by atoms with E-state index < -0.39 is 5.82 Å². The number of carbonyl (C=O) groups excluding carboxylic acids is 1. The van der Waals surface area contributed by atoms with Crippen LogP contribution in [0.2, 0.25) is 0 Å². The van der Waals surface area contributed by atoms with Crippen molar-refractivity contribution in [3.8, 4) is 5.75 Å². The van der Waals surface area contributed by atoms with Crippen LogP contribution in [0.3, 0.4) is 0 Å². The topological polar surface area (TPSA) is 64.3 Å². The normalized spacial score (nSPS) is 10.2. The van der Waals surface area contributed by atoms with Crippen LogP contribution in [0.15, 0.2) is 42.5 Å². The highest BCUT2D eigenvalue weighted by Gasteiger charge is 2.07. The summed E-state index contributed by atoms with van der Waals surface area (Å²) in [6.45, 7) is 2.11. The smallest absolute Gasteiger partial charge is 0.262 e. The average Bonchev–Trinajstić information content (AvgIpc) is 2.49. The van der Waals surface area contributed by atoms with E-state index in [2.05, 4.69) is 5.32 Å². The zero-order chi connectivity index (χ0) is 15.2. The summed E-state index contributed by atoms with van der Waals surface area (Å²) in [6, 6.07) is 11.4. The molecule has 0 saturated carbocycles. The summed E-state index contributed by atoms with van der Waals surface area (Å²) in [5.41, 5.74) is 7.72. The molecule has 0 saturated heterocycles. The molecule has 0 aliphatic carbocycles. The van der Waals surface area contributed by atoms with E-state index in [4.69, 9.17) is 10.5 Å². The van der Waals surface area contributed by atoms with Crippen LogP contribution in [0.25, 0.3) is 0 Å². The third-order valence-corrected chi connectivity index (χ3v) is 3.00. The average molecular weight is 288 g/mol. The molecular weight excluding hydrogens is 271 g/mol. The fourth-order valence-electron chi connectivity index (χ4n) is 1.79. The Kier molecular flexibility index (Phi) is 4.90. The number of benzene rings is 2. The molecule has 1 amide bonds. The third-order valence-electron chi connectivity index (χ3n) is 3.00. The van der Waals surface area contributed by atoms with Gasteiger partial charge in [-0.2, -0.15) is 0 Å². The van der Waals surface area contributed by atoms with Crippen molar-refractivity contribution in [2.45, 2.75) is 13.5 Å². The van der Waals surface area contributed by atoms with Gasteiger partial charge in [-0.3, -0.25) is 4.79 Å². The van der Waals surface area contributed by atoms with E-state index >= 15 is 0 Å². The van der Waals surface area contributed by atoms with Gasteiger partial charge >= 0.3 is 0 Å². The highest BCUT2D eigenvalue weighted by atomic mass is 19.1. The van der Waals surface area contributed by atoms with Crippen LogP contribution >= 0.6 is 0 Å². The van der Waals surface area contributed by atoms with Crippen LogP contribution in [-0.4, -0.2) is 12.5 Å². The van der Waals surface area contributed by atoms with Gasteiger partial charge in [0, 0.05) is 12.2 Å². The van der Waals surface area contributed by atoms with Crippen molar-refractivity contribution in [3.05, 3.63) is 59.4 Å². The zero-order valence-electron chi connectivity index (χ0n) is 11.7. The zero-order valence-corrected chi connectivity index (χ0v) is 11.7. The highest BCUT2D eigenvalue weighted by Crippen LogP contribution is 2.16. The maximum Gasteiger partial charge on any atom is 0.262 e. The number of hydrogen-bond donors (Lipinski definition) is 2. The minimum Gasteiger partial charge on any atom is -0.484 e. The number of nitrogens with one attached hydrogen (secondary N) is 1. The van der Waals surface area contributed by atoms with E-state index in [0.29, 0.717) is 18.0 Å². The summed E-state index contributed by atoms with van der Waals surface area (Å²) in [5.74, 6) is -0.154. The Morgan fingerprint density at radius 3 is 2.62 bits per heavy atom. The van der Waals surface area contributed by atoms with Gasteiger partial charge in [0.05, 0.1) is 0 Å². The lowest BCUT2D eigenvalue weighted by atomic mass is 10.2. The number of nitrogens with two attached hydrogens (primary N) is 1. The van der Waals surface area contributed by atoms with Crippen molar-refractivity contribution < 1.29 is 13.9 Å². The van der Waals surface area contributed by atoms with E-state index in [9.17, 15) is 9.18 Å². The van der Waals surface area contributed by atoms with E-state index in [0.717, 1.165) is 11.1 Å². The second kappa shape index (κ2) is 6.85. The Morgan fingerprint density at radius 2 is 1.95 bits per heavy atom. The van der Waals surface area contributed by atoms with Crippen molar-refractivity contribution in [2.75, 3.05) is 11.9 Å². The molecule has 0 radical (unpaired) electrons. The fourth-order valence-corrected chi connectivity index (χ4v) is 1.79. The van der Waals surface area contributed by atoms with Gasteiger partial charge < -0.3 is 15.8 Å².